The molecule has 0 fully saturated rings. The Bertz CT molecular complexity index is 1310. The highest BCUT2D eigenvalue weighted by Crippen LogP contribution is 2.32. The van der Waals surface area contributed by atoms with Crippen LogP contribution in [0, 0.1) is 0 Å². The minimum atomic E-state index is -0.0854. The van der Waals surface area contributed by atoms with Crippen molar-refractivity contribution in [2.24, 2.45) is 0 Å². The van der Waals surface area contributed by atoms with E-state index in [1.165, 1.54) is 0 Å². The van der Waals surface area contributed by atoms with Crippen LogP contribution in [-0.4, -0.2) is 45.8 Å². The lowest BCUT2D eigenvalue weighted by Gasteiger charge is -2.21. The lowest BCUT2D eigenvalue weighted by atomic mass is 10.1. The van der Waals surface area contributed by atoms with Crippen LogP contribution in [0.25, 0.3) is 22.3 Å². The quantitative estimate of drug-likeness (QED) is 0.447. The van der Waals surface area contributed by atoms with Crippen LogP contribution >= 0.6 is 0 Å². The number of benzene rings is 2. The maximum absolute atomic E-state index is 13.6. The van der Waals surface area contributed by atoms with Crippen LogP contribution in [0.5, 0.6) is 11.5 Å². The van der Waals surface area contributed by atoms with Crippen molar-refractivity contribution in [2.45, 2.75) is 26.4 Å². The molecule has 1 aliphatic rings. The molecule has 0 aliphatic carbocycles. The molecule has 1 amide bonds. The van der Waals surface area contributed by atoms with Crippen LogP contribution in [0.15, 0.2) is 60.8 Å². The predicted molar refractivity (Wildman–Crippen MR) is 127 cm³/mol. The summed E-state index contributed by atoms with van der Waals surface area (Å²) < 4.78 is 13.2. The maximum Gasteiger partial charge on any atom is 0.254 e. The average molecular weight is 443 g/mol. The first-order valence-corrected chi connectivity index (χ1v) is 11.1. The number of amides is 1. The topological polar surface area (TPSA) is 69.5 Å². The minimum absolute atomic E-state index is 0.0854. The van der Waals surface area contributed by atoms with E-state index in [2.05, 4.69) is 18.9 Å². The summed E-state index contributed by atoms with van der Waals surface area (Å²) in [5.41, 5.74) is 3.98. The van der Waals surface area contributed by atoms with E-state index in [4.69, 9.17) is 14.5 Å². The number of carbonyl (C=O) groups is 1. The molecule has 33 heavy (non-hydrogen) atoms. The summed E-state index contributed by atoms with van der Waals surface area (Å²) in [6.45, 7) is 5.63. The van der Waals surface area contributed by atoms with Crippen molar-refractivity contribution in [3.63, 3.8) is 0 Å². The van der Waals surface area contributed by atoms with Crippen molar-refractivity contribution in [1.82, 2.24) is 19.7 Å². The number of pyridine rings is 1. The molecule has 0 bridgehead atoms. The van der Waals surface area contributed by atoms with E-state index in [9.17, 15) is 4.79 Å². The molecule has 0 saturated carbocycles. The zero-order chi connectivity index (χ0) is 22.9. The monoisotopic (exact) mass is 442 g/mol. The van der Waals surface area contributed by atoms with Crippen LogP contribution < -0.4 is 9.47 Å². The van der Waals surface area contributed by atoms with Gasteiger partial charge in [-0.1, -0.05) is 36.4 Å². The molecule has 0 radical (unpaired) electrons. The third-order valence-electron chi connectivity index (χ3n) is 5.73. The van der Waals surface area contributed by atoms with Gasteiger partial charge < -0.3 is 14.4 Å². The molecular formula is C26H26N4O3. The first-order valence-electron chi connectivity index (χ1n) is 11.1. The molecule has 7 nitrogen and oxygen atoms in total. The van der Waals surface area contributed by atoms with Crippen molar-refractivity contribution >= 4 is 16.9 Å². The van der Waals surface area contributed by atoms with E-state index in [1.807, 2.05) is 59.3 Å². The maximum atomic E-state index is 13.6. The summed E-state index contributed by atoms with van der Waals surface area (Å²) in [5, 5.41) is 5.27. The van der Waals surface area contributed by atoms with Gasteiger partial charge in [-0.15, -0.1) is 0 Å². The molecule has 2 aromatic carbocycles. The predicted octanol–water partition coefficient (Wildman–Crippen LogP) is 4.72. The number of aromatic nitrogens is 3. The van der Waals surface area contributed by atoms with E-state index in [0.717, 1.165) is 33.7 Å². The van der Waals surface area contributed by atoms with Crippen molar-refractivity contribution in [3.05, 3.63) is 71.9 Å². The van der Waals surface area contributed by atoms with E-state index < -0.39 is 0 Å². The van der Waals surface area contributed by atoms with Gasteiger partial charge in [0.2, 0.25) is 0 Å². The second-order valence-electron chi connectivity index (χ2n) is 8.48. The fourth-order valence-electron chi connectivity index (χ4n) is 4.07. The van der Waals surface area contributed by atoms with Gasteiger partial charge >= 0.3 is 0 Å². The number of nitrogens with zero attached hydrogens (tertiary/aromatic N) is 4. The summed E-state index contributed by atoms with van der Waals surface area (Å²) in [5.74, 6) is 1.37. The molecule has 1 aliphatic heterocycles. The van der Waals surface area contributed by atoms with Crippen molar-refractivity contribution in [3.8, 4) is 22.8 Å². The Morgan fingerprint density at radius 3 is 2.58 bits per heavy atom. The molecule has 2 aromatic heterocycles. The van der Waals surface area contributed by atoms with Crippen LogP contribution in [0.1, 0.15) is 35.8 Å². The summed E-state index contributed by atoms with van der Waals surface area (Å²) in [7, 11) is 1.81. The first kappa shape index (κ1) is 21.0. The van der Waals surface area contributed by atoms with Gasteiger partial charge in [-0.25, -0.2) is 9.67 Å². The molecule has 0 saturated heterocycles. The molecule has 7 heteroatoms. The zero-order valence-electron chi connectivity index (χ0n) is 19.0. The number of rotatable bonds is 5. The van der Waals surface area contributed by atoms with Gasteiger partial charge in [0, 0.05) is 25.2 Å². The van der Waals surface area contributed by atoms with Gasteiger partial charge in [0.25, 0.3) is 5.91 Å². The molecule has 4 aromatic rings. The minimum Gasteiger partial charge on any atom is -0.486 e. The molecule has 0 unspecified atom stereocenters. The third kappa shape index (κ3) is 4.02. The Labute approximate surface area is 192 Å². The second-order valence-corrected chi connectivity index (χ2v) is 8.48. The van der Waals surface area contributed by atoms with Crippen LogP contribution in [0.3, 0.4) is 0 Å². The van der Waals surface area contributed by atoms with Gasteiger partial charge in [-0.2, -0.15) is 5.10 Å². The fourth-order valence-corrected chi connectivity index (χ4v) is 4.07. The largest absolute Gasteiger partial charge is 0.486 e. The Balaban J connectivity index is 1.52. The molecule has 3 heterocycles. The van der Waals surface area contributed by atoms with Crippen LogP contribution in [-0.2, 0) is 6.54 Å². The highest BCUT2D eigenvalue weighted by molar-refractivity contribution is 6.06. The van der Waals surface area contributed by atoms with Gasteiger partial charge in [-0.3, -0.25) is 4.79 Å². The van der Waals surface area contributed by atoms with Gasteiger partial charge in [0.15, 0.2) is 17.1 Å². The highest BCUT2D eigenvalue weighted by atomic mass is 16.6. The SMILES string of the molecule is CC(C)n1ncc2c(C(=O)N(C)Cc3ccc4c(c3)OCCO4)cc(-c3ccccc3)nc21. The average Bonchev–Trinajstić information content (AvgIpc) is 3.28. The van der Waals surface area contributed by atoms with Crippen molar-refractivity contribution in [1.29, 1.82) is 0 Å². The van der Waals surface area contributed by atoms with Crippen LogP contribution in [0.2, 0.25) is 0 Å². The van der Waals surface area contributed by atoms with E-state index >= 15 is 0 Å². The number of hydrogen-bond donors (Lipinski definition) is 0. The first-order chi connectivity index (χ1) is 16.0. The van der Waals surface area contributed by atoms with Gasteiger partial charge in [-0.05, 0) is 37.6 Å². The smallest absolute Gasteiger partial charge is 0.254 e. The standard InChI is InChI=1S/C26H26N4O3/c1-17(2)30-25-21(15-27-30)20(14-22(28-25)19-7-5-4-6-8-19)26(31)29(3)16-18-9-10-23-24(13-18)33-12-11-32-23/h4-10,13-15,17H,11-12,16H2,1-3H3. The summed E-state index contributed by atoms with van der Waals surface area (Å²) in [6, 6.07) is 17.7. The zero-order valence-corrected chi connectivity index (χ0v) is 19.0. The molecule has 0 spiro atoms. The van der Waals surface area contributed by atoms with Gasteiger partial charge in [0.1, 0.15) is 13.2 Å². The number of carbonyl (C=O) groups excluding carboxylic acids is 1. The highest BCUT2D eigenvalue weighted by Gasteiger charge is 2.22. The van der Waals surface area contributed by atoms with Crippen molar-refractivity contribution in [2.75, 3.05) is 20.3 Å². The lowest BCUT2D eigenvalue weighted by Crippen LogP contribution is -2.26. The van der Waals surface area contributed by atoms with Gasteiger partial charge in [0.05, 0.1) is 22.8 Å². The van der Waals surface area contributed by atoms with Crippen molar-refractivity contribution < 1.29 is 14.3 Å². The molecular weight excluding hydrogens is 416 g/mol. The molecule has 0 N–H and O–H groups in total. The Hall–Kier alpha value is -3.87. The third-order valence-corrected chi connectivity index (χ3v) is 5.73. The molecule has 5 rings (SSSR count). The number of ether oxygens (including phenoxy) is 2. The Kier molecular flexibility index (Phi) is 5.46. The summed E-state index contributed by atoms with van der Waals surface area (Å²) in [6.07, 6.45) is 1.74. The number of fused-ring (bicyclic) bond motifs is 2. The fraction of sp³-hybridized carbons (Fsp3) is 0.269. The summed E-state index contributed by atoms with van der Waals surface area (Å²) in [4.78, 5) is 20.2. The molecule has 0 atom stereocenters. The van der Waals surface area contributed by atoms with E-state index in [1.54, 1.807) is 18.1 Å². The van der Waals surface area contributed by atoms with Crippen LogP contribution in [0.4, 0.5) is 0 Å². The van der Waals surface area contributed by atoms with E-state index in [0.29, 0.717) is 31.0 Å². The summed E-state index contributed by atoms with van der Waals surface area (Å²) >= 11 is 0. The Morgan fingerprint density at radius 2 is 1.82 bits per heavy atom. The second kappa shape index (κ2) is 8.58. The number of hydrogen-bond acceptors (Lipinski definition) is 5. The van der Waals surface area contributed by atoms with E-state index in [-0.39, 0.29) is 11.9 Å². The normalized spacial score (nSPS) is 12.8. The molecule has 168 valence electrons. The lowest BCUT2D eigenvalue weighted by molar-refractivity contribution is 0.0786. The Morgan fingerprint density at radius 1 is 1.06 bits per heavy atom.